The van der Waals surface area contributed by atoms with Crippen molar-refractivity contribution in [3.63, 3.8) is 0 Å². The van der Waals surface area contributed by atoms with E-state index in [4.69, 9.17) is 12.2 Å². The van der Waals surface area contributed by atoms with Gasteiger partial charge in [0.15, 0.2) is 5.11 Å². The molecule has 0 atom stereocenters. The second-order valence-electron chi connectivity index (χ2n) is 5.49. The molecule has 4 rings (SSSR count). The van der Waals surface area contributed by atoms with Gasteiger partial charge in [-0.3, -0.25) is 9.97 Å². The van der Waals surface area contributed by atoms with Gasteiger partial charge in [-0.1, -0.05) is 28.1 Å². The highest BCUT2D eigenvalue weighted by atomic mass is 79.9. The minimum absolute atomic E-state index is 0.508. The highest BCUT2D eigenvalue weighted by molar-refractivity contribution is 9.10. The predicted molar refractivity (Wildman–Crippen MR) is 111 cm³/mol. The summed E-state index contributed by atoms with van der Waals surface area (Å²) >= 11 is 8.92. The average molecular weight is 409 g/mol. The number of halogens is 1. The van der Waals surface area contributed by atoms with Crippen LogP contribution in [0.3, 0.4) is 0 Å². The molecule has 2 N–H and O–H groups in total. The molecule has 0 bridgehead atoms. The summed E-state index contributed by atoms with van der Waals surface area (Å²) in [4.78, 5) is 8.99. The van der Waals surface area contributed by atoms with Gasteiger partial charge in [0.05, 0.1) is 16.7 Å². The molecule has 122 valence electrons. The average Bonchev–Trinajstić information content (AvgIpc) is 2.62. The third kappa shape index (κ3) is 3.31. The summed E-state index contributed by atoms with van der Waals surface area (Å²) in [6.45, 7) is 0. The number of nitrogens with one attached hydrogen (secondary N) is 2. The number of hydrogen-bond donors (Lipinski definition) is 2. The van der Waals surface area contributed by atoms with E-state index in [9.17, 15) is 0 Å². The van der Waals surface area contributed by atoms with Gasteiger partial charge in [-0.15, -0.1) is 0 Å². The molecule has 4 aromatic rings. The van der Waals surface area contributed by atoms with Crippen LogP contribution in [-0.4, -0.2) is 15.1 Å². The van der Waals surface area contributed by atoms with Crippen molar-refractivity contribution in [2.45, 2.75) is 0 Å². The van der Waals surface area contributed by atoms with Gasteiger partial charge in [0.25, 0.3) is 0 Å². The summed E-state index contributed by atoms with van der Waals surface area (Å²) < 4.78 is 0.990. The summed E-state index contributed by atoms with van der Waals surface area (Å²) in [6, 6.07) is 17.8. The fraction of sp³-hybridized carbons (Fsp3) is 0. The van der Waals surface area contributed by atoms with E-state index in [1.165, 1.54) is 0 Å². The Kier molecular flexibility index (Phi) is 4.29. The van der Waals surface area contributed by atoms with Gasteiger partial charge >= 0.3 is 0 Å². The maximum atomic E-state index is 5.47. The molecule has 0 fully saturated rings. The van der Waals surface area contributed by atoms with Gasteiger partial charge in [0, 0.05) is 33.3 Å². The quantitative estimate of drug-likeness (QED) is 0.345. The van der Waals surface area contributed by atoms with Crippen molar-refractivity contribution in [2.75, 3.05) is 10.6 Å². The maximum absolute atomic E-state index is 5.47. The molecule has 0 amide bonds. The Bertz CT molecular complexity index is 1100. The molecule has 0 unspecified atom stereocenters. The first-order chi connectivity index (χ1) is 12.2. The third-order valence-electron chi connectivity index (χ3n) is 3.79. The van der Waals surface area contributed by atoms with Crippen LogP contribution in [0.1, 0.15) is 0 Å². The van der Waals surface area contributed by atoms with Gasteiger partial charge in [0.1, 0.15) is 0 Å². The zero-order chi connectivity index (χ0) is 17.2. The molecular weight excluding hydrogens is 396 g/mol. The molecule has 25 heavy (non-hydrogen) atoms. The molecular formula is C19H13BrN4S. The molecule has 2 heterocycles. The highest BCUT2D eigenvalue weighted by Crippen LogP contribution is 2.29. The van der Waals surface area contributed by atoms with Crippen LogP contribution in [0.5, 0.6) is 0 Å². The van der Waals surface area contributed by atoms with Gasteiger partial charge in [-0.05, 0) is 54.7 Å². The molecule has 6 heteroatoms. The third-order valence-corrected chi connectivity index (χ3v) is 4.48. The van der Waals surface area contributed by atoms with Crippen LogP contribution in [0, 0.1) is 0 Å². The second kappa shape index (κ2) is 6.74. The predicted octanol–water partition coefficient (Wildman–Crippen LogP) is 5.35. The molecule has 0 spiro atoms. The van der Waals surface area contributed by atoms with E-state index < -0.39 is 0 Å². The number of hydrogen-bond acceptors (Lipinski definition) is 3. The van der Waals surface area contributed by atoms with Crippen molar-refractivity contribution in [3.8, 4) is 0 Å². The molecule has 0 aliphatic rings. The lowest BCUT2D eigenvalue weighted by atomic mass is 10.1. The van der Waals surface area contributed by atoms with Crippen LogP contribution in [0.25, 0.3) is 21.8 Å². The highest BCUT2D eigenvalue weighted by Gasteiger charge is 2.09. The molecule has 2 aromatic carbocycles. The normalized spacial score (nSPS) is 10.8. The summed E-state index contributed by atoms with van der Waals surface area (Å²) in [5, 5.41) is 8.99. The van der Waals surface area contributed by atoms with E-state index in [1.807, 2.05) is 54.6 Å². The van der Waals surface area contributed by atoms with Crippen LogP contribution in [0.15, 0.2) is 71.5 Å². The van der Waals surface area contributed by atoms with Crippen molar-refractivity contribution in [3.05, 3.63) is 71.5 Å². The molecule has 0 saturated carbocycles. The van der Waals surface area contributed by atoms with Crippen molar-refractivity contribution < 1.29 is 0 Å². The minimum atomic E-state index is 0.508. The summed E-state index contributed by atoms with van der Waals surface area (Å²) in [6.07, 6.45) is 3.56. The maximum Gasteiger partial charge on any atom is 0.175 e. The Morgan fingerprint density at radius 1 is 0.880 bits per heavy atom. The van der Waals surface area contributed by atoms with E-state index >= 15 is 0 Å². The Hall–Kier alpha value is -2.57. The Balaban J connectivity index is 1.71. The van der Waals surface area contributed by atoms with Crippen molar-refractivity contribution in [2.24, 2.45) is 0 Å². The fourth-order valence-electron chi connectivity index (χ4n) is 2.74. The van der Waals surface area contributed by atoms with E-state index in [0.29, 0.717) is 5.11 Å². The SMILES string of the molecule is S=C(Nc1cccc(Br)c1)Nc1cc2cccnc2c2cccnc12. The fourth-order valence-corrected chi connectivity index (χ4v) is 3.37. The van der Waals surface area contributed by atoms with Crippen molar-refractivity contribution in [1.82, 2.24) is 9.97 Å². The molecule has 0 saturated heterocycles. The number of aromatic nitrogens is 2. The van der Waals surface area contributed by atoms with Crippen molar-refractivity contribution >= 4 is 66.4 Å². The van der Waals surface area contributed by atoms with Crippen LogP contribution < -0.4 is 10.6 Å². The topological polar surface area (TPSA) is 49.8 Å². The summed E-state index contributed by atoms with van der Waals surface area (Å²) in [7, 11) is 0. The van der Waals surface area contributed by atoms with Crippen LogP contribution in [0.2, 0.25) is 0 Å². The summed E-state index contributed by atoms with van der Waals surface area (Å²) in [5.41, 5.74) is 3.53. The van der Waals surface area contributed by atoms with Gasteiger partial charge in [-0.2, -0.15) is 0 Å². The first-order valence-electron chi connectivity index (χ1n) is 7.67. The molecule has 4 nitrogen and oxygen atoms in total. The first kappa shape index (κ1) is 15.9. The van der Waals surface area contributed by atoms with E-state index in [-0.39, 0.29) is 0 Å². The lowest BCUT2D eigenvalue weighted by molar-refractivity contribution is 1.39. The number of fused-ring (bicyclic) bond motifs is 3. The zero-order valence-electron chi connectivity index (χ0n) is 13.0. The number of thiocarbonyl (C=S) groups is 1. The van der Waals surface area contributed by atoms with Crippen LogP contribution >= 0.6 is 28.1 Å². The van der Waals surface area contributed by atoms with Crippen LogP contribution in [-0.2, 0) is 0 Å². The minimum Gasteiger partial charge on any atom is -0.332 e. The monoisotopic (exact) mass is 408 g/mol. The van der Waals surface area contributed by atoms with Gasteiger partial charge < -0.3 is 10.6 Å². The first-order valence-corrected chi connectivity index (χ1v) is 8.87. The lowest BCUT2D eigenvalue weighted by Crippen LogP contribution is -2.19. The Labute approximate surface area is 158 Å². The molecule has 2 aromatic heterocycles. The van der Waals surface area contributed by atoms with Gasteiger partial charge in [0.2, 0.25) is 0 Å². The summed E-state index contributed by atoms with van der Waals surface area (Å²) in [5.74, 6) is 0. The molecule has 0 radical (unpaired) electrons. The van der Waals surface area contributed by atoms with E-state index in [1.54, 1.807) is 12.4 Å². The van der Waals surface area contributed by atoms with E-state index in [2.05, 4.69) is 36.5 Å². The molecule has 0 aliphatic heterocycles. The number of anilines is 2. The smallest absolute Gasteiger partial charge is 0.175 e. The Morgan fingerprint density at radius 3 is 2.52 bits per heavy atom. The van der Waals surface area contributed by atoms with Gasteiger partial charge in [-0.25, -0.2) is 0 Å². The number of rotatable bonds is 2. The number of benzene rings is 2. The van der Waals surface area contributed by atoms with Crippen molar-refractivity contribution in [1.29, 1.82) is 0 Å². The number of pyridine rings is 2. The lowest BCUT2D eigenvalue weighted by Gasteiger charge is -2.13. The largest absolute Gasteiger partial charge is 0.332 e. The molecule has 0 aliphatic carbocycles. The van der Waals surface area contributed by atoms with Crippen LogP contribution in [0.4, 0.5) is 11.4 Å². The van der Waals surface area contributed by atoms with E-state index in [0.717, 1.165) is 37.7 Å². The standard InChI is InChI=1S/C19H13BrN4S/c20-13-5-1-6-14(11-13)23-19(25)24-16-10-12-4-2-8-21-17(12)15-7-3-9-22-18(15)16/h1-11H,(H2,23,24,25). The number of nitrogens with zero attached hydrogens (tertiary/aromatic N) is 2. The Morgan fingerprint density at radius 2 is 1.68 bits per heavy atom. The second-order valence-corrected chi connectivity index (χ2v) is 6.81. The zero-order valence-corrected chi connectivity index (χ0v) is 15.4.